The van der Waals surface area contributed by atoms with Crippen LogP contribution in [0.15, 0.2) is 88.7 Å². The first kappa shape index (κ1) is 23.1. The van der Waals surface area contributed by atoms with E-state index in [0.717, 1.165) is 12.1 Å². The molecule has 0 saturated heterocycles. The minimum Gasteiger partial charge on any atom is -0.402 e. The molecule has 4 rings (SSSR count). The van der Waals surface area contributed by atoms with Crippen LogP contribution in [-0.4, -0.2) is 29.1 Å². The van der Waals surface area contributed by atoms with Crippen molar-refractivity contribution in [2.45, 2.75) is 16.7 Å². The SMILES string of the molecule is Cc1nn(-c2ccccc2)c(OC(=O)c2cc([N+](=O)[O-])ccc2Cl)c1S(=O)(=O)c1ccccc1. The molecule has 34 heavy (non-hydrogen) atoms. The summed E-state index contributed by atoms with van der Waals surface area (Å²) in [7, 11) is -4.15. The molecule has 9 nitrogen and oxygen atoms in total. The Labute approximate surface area is 199 Å². The Kier molecular flexibility index (Phi) is 6.18. The van der Waals surface area contributed by atoms with Gasteiger partial charge < -0.3 is 4.74 Å². The van der Waals surface area contributed by atoms with Gasteiger partial charge in [-0.05, 0) is 37.3 Å². The maximum atomic E-state index is 13.5. The van der Waals surface area contributed by atoms with Crippen LogP contribution in [0.4, 0.5) is 5.69 Å². The number of carbonyl (C=O) groups excluding carboxylic acids is 1. The van der Waals surface area contributed by atoms with E-state index in [4.69, 9.17) is 16.3 Å². The molecule has 4 aromatic rings. The van der Waals surface area contributed by atoms with Gasteiger partial charge in [0.05, 0.1) is 31.8 Å². The fraction of sp³-hybridized carbons (Fsp3) is 0.0435. The van der Waals surface area contributed by atoms with E-state index in [1.54, 1.807) is 48.5 Å². The number of nitro benzene ring substituents is 1. The molecule has 1 heterocycles. The summed E-state index contributed by atoms with van der Waals surface area (Å²) < 4.78 is 33.7. The molecular weight excluding hydrogens is 482 g/mol. The quantitative estimate of drug-likeness (QED) is 0.213. The van der Waals surface area contributed by atoms with E-state index < -0.39 is 20.7 Å². The van der Waals surface area contributed by atoms with Crippen molar-refractivity contribution in [2.75, 3.05) is 0 Å². The third-order valence-corrected chi connectivity index (χ3v) is 7.09. The molecule has 0 spiro atoms. The number of nitrogens with zero attached hydrogens (tertiary/aromatic N) is 3. The van der Waals surface area contributed by atoms with Crippen molar-refractivity contribution in [3.8, 4) is 11.6 Å². The van der Waals surface area contributed by atoms with Crippen LogP contribution in [0.1, 0.15) is 16.1 Å². The minimum absolute atomic E-state index is 0.0172. The average Bonchev–Trinajstić information content (AvgIpc) is 3.16. The summed E-state index contributed by atoms with van der Waals surface area (Å²) in [5.74, 6) is -1.43. The third kappa shape index (κ3) is 4.28. The van der Waals surface area contributed by atoms with Crippen molar-refractivity contribution in [2.24, 2.45) is 0 Å². The van der Waals surface area contributed by atoms with Gasteiger partial charge in [0.25, 0.3) is 5.69 Å². The highest BCUT2D eigenvalue weighted by Crippen LogP contribution is 2.35. The maximum absolute atomic E-state index is 13.5. The van der Waals surface area contributed by atoms with Crippen LogP contribution in [0, 0.1) is 17.0 Å². The summed E-state index contributed by atoms with van der Waals surface area (Å²) in [6.07, 6.45) is 0. The monoisotopic (exact) mass is 497 g/mol. The molecular formula is C23H16ClN3O6S. The Balaban J connectivity index is 1.90. The van der Waals surface area contributed by atoms with E-state index in [9.17, 15) is 23.3 Å². The number of aryl methyl sites for hydroxylation is 1. The first-order chi connectivity index (χ1) is 16.2. The van der Waals surface area contributed by atoms with Gasteiger partial charge in [0.1, 0.15) is 0 Å². The summed E-state index contributed by atoms with van der Waals surface area (Å²) in [5.41, 5.74) is -0.132. The number of rotatable bonds is 6. The zero-order valence-electron chi connectivity index (χ0n) is 17.6. The number of ether oxygens (including phenoxy) is 1. The van der Waals surface area contributed by atoms with E-state index in [1.165, 1.54) is 29.8 Å². The van der Waals surface area contributed by atoms with E-state index in [0.29, 0.717) is 5.69 Å². The Bertz CT molecular complexity index is 1500. The number of nitro groups is 1. The van der Waals surface area contributed by atoms with Crippen molar-refractivity contribution in [3.05, 3.63) is 105 Å². The number of para-hydroxylation sites is 1. The number of hydrogen-bond donors (Lipinski definition) is 0. The van der Waals surface area contributed by atoms with Gasteiger partial charge in [-0.1, -0.05) is 48.0 Å². The van der Waals surface area contributed by atoms with Crippen LogP contribution in [0.25, 0.3) is 5.69 Å². The normalized spacial score (nSPS) is 11.2. The topological polar surface area (TPSA) is 121 Å². The second-order valence-corrected chi connectivity index (χ2v) is 9.39. The Morgan fingerprint density at radius 1 is 1.03 bits per heavy atom. The molecule has 1 aromatic heterocycles. The van der Waals surface area contributed by atoms with Crippen molar-refractivity contribution < 1.29 is 22.9 Å². The number of esters is 1. The predicted molar refractivity (Wildman–Crippen MR) is 123 cm³/mol. The second-order valence-electron chi connectivity index (χ2n) is 7.09. The lowest BCUT2D eigenvalue weighted by atomic mass is 10.2. The minimum atomic E-state index is -4.15. The molecule has 0 aliphatic carbocycles. The highest BCUT2D eigenvalue weighted by atomic mass is 35.5. The third-order valence-electron chi connectivity index (χ3n) is 4.86. The number of sulfone groups is 1. The molecule has 0 atom stereocenters. The van der Waals surface area contributed by atoms with Crippen molar-refractivity contribution in [3.63, 3.8) is 0 Å². The number of carbonyl (C=O) groups is 1. The Hall–Kier alpha value is -4.02. The maximum Gasteiger partial charge on any atom is 0.346 e. The molecule has 3 aromatic carbocycles. The average molecular weight is 498 g/mol. The standard InChI is InChI=1S/C23H16ClN3O6S/c1-15-21(34(31,32)18-10-6-3-7-11-18)22(26(25-15)16-8-4-2-5-9-16)33-23(28)19-14-17(27(29)30)12-13-20(19)24/h2-14H,1H3. The van der Waals surface area contributed by atoms with Crippen LogP contribution in [0.5, 0.6) is 5.88 Å². The fourth-order valence-corrected chi connectivity index (χ4v) is 5.01. The van der Waals surface area contributed by atoms with Gasteiger partial charge in [-0.2, -0.15) is 9.78 Å². The smallest absolute Gasteiger partial charge is 0.346 e. The molecule has 0 aliphatic rings. The van der Waals surface area contributed by atoms with Gasteiger partial charge in [-0.25, -0.2) is 13.2 Å². The molecule has 0 unspecified atom stereocenters. The van der Waals surface area contributed by atoms with Crippen LogP contribution < -0.4 is 4.74 Å². The largest absolute Gasteiger partial charge is 0.402 e. The Morgan fingerprint density at radius 2 is 1.65 bits per heavy atom. The van der Waals surface area contributed by atoms with Gasteiger partial charge in [0.2, 0.25) is 15.7 Å². The number of non-ortho nitro benzene ring substituents is 1. The molecule has 11 heteroatoms. The van der Waals surface area contributed by atoms with Crippen molar-refractivity contribution in [1.29, 1.82) is 0 Å². The second kappa shape index (κ2) is 9.08. The number of hydrogen-bond acceptors (Lipinski definition) is 7. The lowest BCUT2D eigenvalue weighted by Crippen LogP contribution is -2.15. The summed E-state index contributed by atoms with van der Waals surface area (Å²) >= 11 is 6.09. The first-order valence-electron chi connectivity index (χ1n) is 9.81. The van der Waals surface area contributed by atoms with E-state index >= 15 is 0 Å². The van der Waals surface area contributed by atoms with Crippen LogP contribution in [-0.2, 0) is 9.84 Å². The van der Waals surface area contributed by atoms with Gasteiger partial charge >= 0.3 is 5.97 Å². The first-order valence-corrected chi connectivity index (χ1v) is 11.7. The van der Waals surface area contributed by atoms with Crippen molar-refractivity contribution >= 4 is 33.1 Å². The number of benzene rings is 3. The molecule has 0 N–H and O–H groups in total. The van der Waals surface area contributed by atoms with E-state index in [1.807, 2.05) is 0 Å². The van der Waals surface area contributed by atoms with Crippen molar-refractivity contribution in [1.82, 2.24) is 9.78 Å². The molecule has 0 aliphatic heterocycles. The lowest BCUT2D eigenvalue weighted by Gasteiger charge is -2.11. The lowest BCUT2D eigenvalue weighted by molar-refractivity contribution is -0.384. The van der Waals surface area contributed by atoms with Gasteiger partial charge in [-0.15, -0.1) is 0 Å². The number of aromatic nitrogens is 2. The highest BCUT2D eigenvalue weighted by molar-refractivity contribution is 7.91. The molecule has 172 valence electrons. The Morgan fingerprint density at radius 3 is 2.26 bits per heavy atom. The summed E-state index contributed by atoms with van der Waals surface area (Å²) in [6, 6.07) is 19.4. The fourth-order valence-electron chi connectivity index (χ4n) is 3.28. The molecule has 0 bridgehead atoms. The summed E-state index contributed by atoms with van der Waals surface area (Å²) in [6.45, 7) is 1.48. The zero-order chi connectivity index (χ0) is 24.5. The summed E-state index contributed by atoms with van der Waals surface area (Å²) in [4.78, 5) is 23.2. The highest BCUT2D eigenvalue weighted by Gasteiger charge is 2.32. The van der Waals surface area contributed by atoms with Gasteiger partial charge in [0.15, 0.2) is 4.90 Å². The molecule has 0 saturated carbocycles. The number of halogens is 1. The zero-order valence-corrected chi connectivity index (χ0v) is 19.2. The van der Waals surface area contributed by atoms with Crippen LogP contribution >= 0.6 is 11.6 Å². The van der Waals surface area contributed by atoms with Gasteiger partial charge in [0, 0.05) is 12.1 Å². The predicted octanol–water partition coefficient (Wildman–Crippen LogP) is 4.79. The molecule has 0 amide bonds. The molecule has 0 fully saturated rings. The summed E-state index contributed by atoms with van der Waals surface area (Å²) in [5, 5.41) is 15.4. The van der Waals surface area contributed by atoms with E-state index in [-0.39, 0.29) is 37.6 Å². The van der Waals surface area contributed by atoms with E-state index in [2.05, 4.69) is 5.10 Å². The molecule has 0 radical (unpaired) electrons. The van der Waals surface area contributed by atoms with Gasteiger partial charge in [-0.3, -0.25) is 10.1 Å². The van der Waals surface area contributed by atoms with Crippen LogP contribution in [0.2, 0.25) is 5.02 Å². The van der Waals surface area contributed by atoms with Crippen LogP contribution in [0.3, 0.4) is 0 Å².